The fourth-order valence-corrected chi connectivity index (χ4v) is 2.09. The molecule has 0 fully saturated rings. The van der Waals surface area contributed by atoms with Crippen molar-refractivity contribution in [3.8, 4) is 0 Å². The Morgan fingerprint density at radius 1 is 1.29 bits per heavy atom. The van der Waals surface area contributed by atoms with Gasteiger partial charge in [-0.3, -0.25) is 9.59 Å². The average Bonchev–Trinajstić information content (AvgIpc) is 2.57. The van der Waals surface area contributed by atoms with Crippen LogP contribution in [0.2, 0.25) is 0 Å². The Morgan fingerprint density at radius 2 is 2.12 bits per heavy atom. The van der Waals surface area contributed by atoms with E-state index < -0.39 is 0 Å². The number of aromatic amines is 1. The van der Waals surface area contributed by atoms with E-state index >= 15 is 0 Å². The van der Waals surface area contributed by atoms with Crippen molar-refractivity contribution < 1.29 is 4.79 Å². The van der Waals surface area contributed by atoms with Crippen LogP contribution in [0, 0.1) is 6.92 Å². The van der Waals surface area contributed by atoms with E-state index in [0.29, 0.717) is 13.1 Å². The van der Waals surface area contributed by atoms with Crippen LogP contribution in [0.3, 0.4) is 0 Å². The Labute approximate surface area is 140 Å². The van der Waals surface area contributed by atoms with Gasteiger partial charge in [-0.05, 0) is 13.3 Å². The number of aryl methyl sites for hydroxylation is 2. The molecule has 0 aliphatic heterocycles. The highest BCUT2D eigenvalue weighted by Crippen LogP contribution is 2.08. The van der Waals surface area contributed by atoms with Crippen molar-refractivity contribution >= 4 is 11.7 Å². The summed E-state index contributed by atoms with van der Waals surface area (Å²) in [6.07, 6.45) is 5.39. The number of H-pyrrole nitrogens is 1. The molecule has 0 aliphatic rings. The van der Waals surface area contributed by atoms with E-state index in [0.717, 1.165) is 42.8 Å². The zero-order valence-corrected chi connectivity index (χ0v) is 13.9. The molecule has 2 aromatic rings. The van der Waals surface area contributed by atoms with E-state index in [1.165, 1.54) is 6.20 Å². The molecular formula is C16H22N6O2. The van der Waals surface area contributed by atoms with Crippen LogP contribution in [0.15, 0.2) is 23.3 Å². The van der Waals surface area contributed by atoms with Gasteiger partial charge in [0, 0.05) is 37.5 Å². The first-order chi connectivity index (χ1) is 11.6. The third-order valence-corrected chi connectivity index (χ3v) is 3.28. The molecule has 0 saturated heterocycles. The predicted octanol–water partition coefficient (Wildman–Crippen LogP) is 1.05. The summed E-state index contributed by atoms with van der Waals surface area (Å²) in [5.74, 6) is 1.25. The van der Waals surface area contributed by atoms with Crippen LogP contribution in [0.4, 0.5) is 5.82 Å². The van der Waals surface area contributed by atoms with Crippen molar-refractivity contribution in [3.05, 3.63) is 46.0 Å². The zero-order chi connectivity index (χ0) is 17.4. The third-order valence-electron chi connectivity index (χ3n) is 3.28. The summed E-state index contributed by atoms with van der Waals surface area (Å²) < 4.78 is 0. The van der Waals surface area contributed by atoms with E-state index in [4.69, 9.17) is 0 Å². The van der Waals surface area contributed by atoms with E-state index in [1.54, 1.807) is 0 Å². The van der Waals surface area contributed by atoms with Gasteiger partial charge in [-0.25, -0.2) is 15.0 Å². The van der Waals surface area contributed by atoms with Crippen LogP contribution in [-0.2, 0) is 6.42 Å². The molecule has 2 heterocycles. The Kier molecular flexibility index (Phi) is 6.41. The van der Waals surface area contributed by atoms with Gasteiger partial charge < -0.3 is 15.6 Å². The van der Waals surface area contributed by atoms with E-state index in [2.05, 4.69) is 37.5 Å². The van der Waals surface area contributed by atoms with Gasteiger partial charge in [0.1, 0.15) is 17.3 Å². The summed E-state index contributed by atoms with van der Waals surface area (Å²) >= 11 is 0. The standard InChI is InChI=1S/C16H22N6O2/c1-3-4-5-13-21-11(2)8-14(22-13)17-6-7-18-16(24)12-9-20-15(23)10-19-12/h8-10H,3-7H2,1-2H3,(H,18,24)(H,20,23)(H,17,21,22). The highest BCUT2D eigenvalue weighted by molar-refractivity contribution is 5.91. The Balaban J connectivity index is 1.81. The molecular weight excluding hydrogens is 308 g/mol. The number of amides is 1. The van der Waals surface area contributed by atoms with E-state index in [9.17, 15) is 9.59 Å². The van der Waals surface area contributed by atoms with E-state index in [1.807, 2.05) is 13.0 Å². The lowest BCUT2D eigenvalue weighted by Crippen LogP contribution is -2.30. The first kappa shape index (κ1) is 17.6. The first-order valence-corrected chi connectivity index (χ1v) is 8.00. The van der Waals surface area contributed by atoms with E-state index in [-0.39, 0.29) is 17.2 Å². The van der Waals surface area contributed by atoms with Crippen LogP contribution < -0.4 is 16.2 Å². The molecule has 0 unspecified atom stereocenters. The number of aromatic nitrogens is 4. The topological polar surface area (TPSA) is 113 Å². The minimum Gasteiger partial charge on any atom is -0.368 e. The Morgan fingerprint density at radius 3 is 2.83 bits per heavy atom. The normalized spacial score (nSPS) is 10.4. The second kappa shape index (κ2) is 8.76. The average molecular weight is 330 g/mol. The highest BCUT2D eigenvalue weighted by atomic mass is 16.2. The van der Waals surface area contributed by atoms with Gasteiger partial charge >= 0.3 is 0 Å². The fourth-order valence-electron chi connectivity index (χ4n) is 2.09. The van der Waals surface area contributed by atoms with Crippen molar-refractivity contribution in [1.82, 2.24) is 25.3 Å². The number of anilines is 1. The molecule has 0 radical (unpaired) electrons. The van der Waals surface area contributed by atoms with Gasteiger partial charge in [-0.15, -0.1) is 0 Å². The maximum Gasteiger partial charge on any atom is 0.271 e. The van der Waals surface area contributed by atoms with Gasteiger partial charge in [-0.1, -0.05) is 13.3 Å². The summed E-state index contributed by atoms with van der Waals surface area (Å²) in [7, 11) is 0. The maximum atomic E-state index is 11.8. The molecule has 2 rings (SSSR count). The monoisotopic (exact) mass is 330 g/mol. The molecule has 0 saturated carbocycles. The summed E-state index contributed by atoms with van der Waals surface area (Å²) in [5.41, 5.74) is 0.751. The van der Waals surface area contributed by atoms with Crippen LogP contribution in [0.25, 0.3) is 0 Å². The van der Waals surface area contributed by atoms with Crippen molar-refractivity contribution in [2.24, 2.45) is 0 Å². The van der Waals surface area contributed by atoms with Gasteiger partial charge in [0.05, 0.1) is 6.20 Å². The van der Waals surface area contributed by atoms with Crippen LogP contribution in [0.5, 0.6) is 0 Å². The molecule has 8 heteroatoms. The Bertz CT molecular complexity index is 723. The molecule has 0 aliphatic carbocycles. The van der Waals surface area contributed by atoms with Gasteiger partial charge in [-0.2, -0.15) is 0 Å². The van der Waals surface area contributed by atoms with Crippen molar-refractivity contribution in [2.75, 3.05) is 18.4 Å². The number of unbranched alkanes of at least 4 members (excludes halogenated alkanes) is 1. The van der Waals surface area contributed by atoms with Gasteiger partial charge in [0.2, 0.25) is 0 Å². The van der Waals surface area contributed by atoms with Crippen molar-refractivity contribution in [1.29, 1.82) is 0 Å². The molecule has 3 N–H and O–H groups in total. The maximum absolute atomic E-state index is 11.8. The van der Waals surface area contributed by atoms with Crippen molar-refractivity contribution in [2.45, 2.75) is 33.1 Å². The summed E-state index contributed by atoms with van der Waals surface area (Å²) in [4.78, 5) is 37.8. The second-order valence-corrected chi connectivity index (χ2v) is 5.39. The largest absolute Gasteiger partial charge is 0.368 e. The molecule has 0 spiro atoms. The third kappa shape index (κ3) is 5.45. The number of hydrogen-bond acceptors (Lipinski definition) is 6. The lowest BCUT2D eigenvalue weighted by Gasteiger charge is -2.09. The quantitative estimate of drug-likeness (QED) is 0.624. The molecule has 0 atom stereocenters. The Hall–Kier alpha value is -2.77. The smallest absolute Gasteiger partial charge is 0.271 e. The lowest BCUT2D eigenvalue weighted by atomic mass is 10.2. The minimum absolute atomic E-state index is 0.175. The first-order valence-electron chi connectivity index (χ1n) is 8.00. The summed E-state index contributed by atoms with van der Waals surface area (Å²) in [6.45, 7) is 5.01. The number of hydrogen-bond donors (Lipinski definition) is 3. The van der Waals surface area contributed by atoms with Crippen LogP contribution in [-0.4, -0.2) is 38.9 Å². The molecule has 0 bridgehead atoms. The predicted molar refractivity (Wildman–Crippen MR) is 91.1 cm³/mol. The number of carbonyl (C=O) groups excluding carboxylic acids is 1. The summed E-state index contributed by atoms with van der Waals surface area (Å²) in [6, 6.07) is 1.88. The number of rotatable bonds is 8. The van der Waals surface area contributed by atoms with Crippen molar-refractivity contribution in [3.63, 3.8) is 0 Å². The fraction of sp³-hybridized carbons (Fsp3) is 0.438. The molecule has 2 aromatic heterocycles. The van der Waals surface area contributed by atoms with Crippen LogP contribution in [0.1, 0.15) is 41.8 Å². The van der Waals surface area contributed by atoms with Gasteiger partial charge in [0.15, 0.2) is 0 Å². The number of nitrogens with zero attached hydrogens (tertiary/aromatic N) is 3. The number of carbonyl (C=O) groups is 1. The minimum atomic E-state index is -0.341. The molecule has 128 valence electrons. The molecule has 24 heavy (non-hydrogen) atoms. The highest BCUT2D eigenvalue weighted by Gasteiger charge is 2.06. The van der Waals surface area contributed by atoms with Gasteiger partial charge in [0.25, 0.3) is 11.5 Å². The molecule has 8 nitrogen and oxygen atoms in total. The lowest BCUT2D eigenvalue weighted by molar-refractivity contribution is 0.0949. The SMILES string of the molecule is CCCCc1nc(C)cc(NCCNC(=O)c2c[nH]c(=O)cn2)n1. The molecule has 1 amide bonds. The zero-order valence-electron chi connectivity index (χ0n) is 13.9. The molecule has 0 aromatic carbocycles. The number of nitrogens with one attached hydrogen (secondary N) is 3. The summed E-state index contributed by atoms with van der Waals surface area (Å²) in [5, 5.41) is 5.90. The van der Waals surface area contributed by atoms with Crippen LogP contribution >= 0.6 is 0 Å². The second-order valence-electron chi connectivity index (χ2n) is 5.39.